The summed E-state index contributed by atoms with van der Waals surface area (Å²) in [5, 5.41) is 2.72. The highest BCUT2D eigenvalue weighted by atomic mass is 16.5. The molecule has 5 heteroatoms. The van der Waals surface area contributed by atoms with Crippen molar-refractivity contribution in [1.82, 2.24) is 0 Å². The maximum atomic E-state index is 11.9. The van der Waals surface area contributed by atoms with Gasteiger partial charge in [0.25, 0.3) is 0 Å². The monoisotopic (exact) mass is 319 g/mol. The van der Waals surface area contributed by atoms with Gasteiger partial charge in [0.05, 0.1) is 19.3 Å². The molecule has 23 heavy (non-hydrogen) atoms. The van der Waals surface area contributed by atoms with Crippen molar-refractivity contribution in [2.75, 3.05) is 19.0 Å². The van der Waals surface area contributed by atoms with Gasteiger partial charge in [-0.15, -0.1) is 0 Å². The van der Waals surface area contributed by atoms with Gasteiger partial charge in [0.2, 0.25) is 0 Å². The Labute approximate surface area is 137 Å². The summed E-state index contributed by atoms with van der Waals surface area (Å²) in [6, 6.07) is 5.35. The molecule has 0 heterocycles. The summed E-state index contributed by atoms with van der Waals surface area (Å²) in [7, 11) is 1.32. The first-order valence-corrected chi connectivity index (χ1v) is 8.29. The molecular formula is C18H25NO4. The molecule has 5 nitrogen and oxygen atoms in total. The second-order valence-electron chi connectivity index (χ2n) is 5.92. The molecule has 0 bridgehead atoms. The zero-order valence-electron chi connectivity index (χ0n) is 13.9. The van der Waals surface area contributed by atoms with E-state index >= 15 is 0 Å². The van der Waals surface area contributed by atoms with Crippen LogP contribution in [-0.4, -0.2) is 25.8 Å². The maximum absolute atomic E-state index is 11.9. The number of hydrogen-bond donors (Lipinski definition) is 1. The fraction of sp³-hybridized carbons (Fsp3) is 0.556. The highest BCUT2D eigenvalue weighted by molar-refractivity contribution is 5.93. The van der Waals surface area contributed by atoms with Crippen molar-refractivity contribution in [2.45, 2.75) is 45.4 Å². The Morgan fingerprint density at radius 3 is 2.61 bits per heavy atom. The molecule has 126 valence electrons. The second kappa shape index (κ2) is 8.56. The van der Waals surface area contributed by atoms with E-state index in [1.165, 1.54) is 39.2 Å². The van der Waals surface area contributed by atoms with E-state index in [0.717, 1.165) is 12.0 Å². The standard InChI is InChI=1S/C18H25NO4/c1-3-23-17(20)15-10-9-14(11-13-7-5-4-6-8-13)16(12-15)19-18(21)22-2/h9-10,12-13H,3-8,11H2,1-2H3,(H,19,21). The lowest BCUT2D eigenvalue weighted by atomic mass is 9.84. The van der Waals surface area contributed by atoms with Crippen molar-refractivity contribution in [3.8, 4) is 0 Å². The Kier molecular flexibility index (Phi) is 6.44. The molecule has 0 unspecified atom stereocenters. The molecule has 1 N–H and O–H groups in total. The number of rotatable bonds is 5. The maximum Gasteiger partial charge on any atom is 0.411 e. The van der Waals surface area contributed by atoms with Crippen LogP contribution in [0.3, 0.4) is 0 Å². The Morgan fingerprint density at radius 1 is 1.22 bits per heavy atom. The molecule has 1 saturated carbocycles. The lowest BCUT2D eigenvalue weighted by molar-refractivity contribution is 0.0526. The molecule has 0 atom stereocenters. The summed E-state index contributed by atoms with van der Waals surface area (Å²) in [4.78, 5) is 23.5. The third kappa shape index (κ3) is 4.98. The quantitative estimate of drug-likeness (QED) is 0.828. The molecule has 1 amide bonds. The van der Waals surface area contributed by atoms with Crippen LogP contribution in [0.2, 0.25) is 0 Å². The highest BCUT2D eigenvalue weighted by Gasteiger charge is 2.18. The first kappa shape index (κ1) is 17.3. The van der Waals surface area contributed by atoms with E-state index in [1.807, 2.05) is 6.07 Å². The summed E-state index contributed by atoms with van der Waals surface area (Å²) in [5.41, 5.74) is 2.11. The summed E-state index contributed by atoms with van der Waals surface area (Å²) in [5.74, 6) is 0.250. The van der Waals surface area contributed by atoms with E-state index in [1.54, 1.807) is 19.1 Å². The minimum absolute atomic E-state index is 0.322. The summed E-state index contributed by atoms with van der Waals surface area (Å²) in [6.07, 6.45) is 6.66. The van der Waals surface area contributed by atoms with Crippen molar-refractivity contribution >= 4 is 17.7 Å². The third-order valence-corrected chi connectivity index (χ3v) is 4.28. The van der Waals surface area contributed by atoms with Crippen LogP contribution < -0.4 is 5.32 Å². The Hall–Kier alpha value is -2.04. The molecule has 0 aliphatic heterocycles. The average Bonchev–Trinajstić information content (AvgIpc) is 2.57. The van der Waals surface area contributed by atoms with Crippen LogP contribution in [0, 0.1) is 5.92 Å². The molecule has 1 aliphatic carbocycles. The predicted molar refractivity (Wildman–Crippen MR) is 88.7 cm³/mol. The lowest BCUT2D eigenvalue weighted by Gasteiger charge is -2.23. The number of benzene rings is 1. The van der Waals surface area contributed by atoms with Crippen LogP contribution in [0.5, 0.6) is 0 Å². The number of carbonyl (C=O) groups excluding carboxylic acids is 2. The van der Waals surface area contributed by atoms with Gasteiger partial charge in [0.15, 0.2) is 0 Å². The van der Waals surface area contributed by atoms with Gasteiger partial charge >= 0.3 is 12.1 Å². The summed E-state index contributed by atoms with van der Waals surface area (Å²) < 4.78 is 9.70. The number of nitrogens with one attached hydrogen (secondary N) is 1. The molecule has 2 rings (SSSR count). The number of hydrogen-bond acceptors (Lipinski definition) is 4. The van der Waals surface area contributed by atoms with Crippen molar-refractivity contribution in [3.05, 3.63) is 29.3 Å². The van der Waals surface area contributed by atoms with E-state index < -0.39 is 6.09 Å². The van der Waals surface area contributed by atoms with Crippen LogP contribution in [0.15, 0.2) is 18.2 Å². The Balaban J connectivity index is 2.20. The highest BCUT2D eigenvalue weighted by Crippen LogP contribution is 2.30. The first-order valence-electron chi connectivity index (χ1n) is 8.29. The smallest absolute Gasteiger partial charge is 0.411 e. The van der Waals surface area contributed by atoms with Crippen LogP contribution >= 0.6 is 0 Å². The largest absolute Gasteiger partial charge is 0.462 e. The first-order chi connectivity index (χ1) is 11.1. The van der Waals surface area contributed by atoms with E-state index in [-0.39, 0.29) is 5.97 Å². The number of anilines is 1. The van der Waals surface area contributed by atoms with Crippen LogP contribution in [0.25, 0.3) is 0 Å². The van der Waals surface area contributed by atoms with E-state index in [0.29, 0.717) is 23.8 Å². The molecular weight excluding hydrogens is 294 g/mol. The molecule has 1 fully saturated rings. The number of carbonyl (C=O) groups is 2. The van der Waals surface area contributed by atoms with Crippen LogP contribution in [0.1, 0.15) is 54.9 Å². The zero-order valence-corrected chi connectivity index (χ0v) is 13.9. The van der Waals surface area contributed by atoms with Gasteiger partial charge in [-0.2, -0.15) is 0 Å². The minimum atomic E-state index is -0.532. The second-order valence-corrected chi connectivity index (χ2v) is 5.92. The van der Waals surface area contributed by atoms with Gasteiger partial charge in [0, 0.05) is 5.69 Å². The molecule has 1 aromatic rings. The third-order valence-electron chi connectivity index (χ3n) is 4.28. The van der Waals surface area contributed by atoms with Crippen LogP contribution in [-0.2, 0) is 15.9 Å². The fourth-order valence-corrected chi connectivity index (χ4v) is 3.08. The lowest BCUT2D eigenvalue weighted by Crippen LogP contribution is -2.16. The molecule has 1 aromatic carbocycles. The van der Waals surface area contributed by atoms with Crippen molar-refractivity contribution in [1.29, 1.82) is 0 Å². The van der Waals surface area contributed by atoms with Gasteiger partial charge in [0.1, 0.15) is 0 Å². The van der Waals surface area contributed by atoms with Crippen molar-refractivity contribution < 1.29 is 19.1 Å². The van der Waals surface area contributed by atoms with Crippen molar-refractivity contribution in [3.63, 3.8) is 0 Å². The number of ether oxygens (including phenoxy) is 2. The molecule has 0 saturated heterocycles. The van der Waals surface area contributed by atoms with Gasteiger partial charge in [-0.05, 0) is 37.0 Å². The number of amides is 1. The van der Waals surface area contributed by atoms with Gasteiger partial charge in [-0.25, -0.2) is 9.59 Å². The van der Waals surface area contributed by atoms with Gasteiger partial charge < -0.3 is 9.47 Å². The van der Waals surface area contributed by atoms with E-state index in [4.69, 9.17) is 4.74 Å². The fourth-order valence-electron chi connectivity index (χ4n) is 3.08. The summed E-state index contributed by atoms with van der Waals surface area (Å²) in [6.45, 7) is 2.09. The molecule has 1 aliphatic rings. The van der Waals surface area contributed by atoms with Gasteiger partial charge in [-0.3, -0.25) is 5.32 Å². The number of esters is 1. The predicted octanol–water partition coefficient (Wildman–Crippen LogP) is 4.16. The van der Waals surface area contributed by atoms with E-state index in [2.05, 4.69) is 10.1 Å². The summed E-state index contributed by atoms with van der Waals surface area (Å²) >= 11 is 0. The molecule has 0 spiro atoms. The topological polar surface area (TPSA) is 64.6 Å². The normalized spacial score (nSPS) is 15.0. The molecule has 0 aromatic heterocycles. The van der Waals surface area contributed by atoms with Gasteiger partial charge in [-0.1, -0.05) is 38.2 Å². The van der Waals surface area contributed by atoms with Crippen LogP contribution in [0.4, 0.5) is 10.5 Å². The van der Waals surface area contributed by atoms with E-state index in [9.17, 15) is 9.59 Å². The van der Waals surface area contributed by atoms with Crippen molar-refractivity contribution in [2.24, 2.45) is 5.92 Å². The zero-order chi connectivity index (χ0) is 16.7. The average molecular weight is 319 g/mol. The Bertz CT molecular complexity index is 550. The molecule has 0 radical (unpaired) electrons. The minimum Gasteiger partial charge on any atom is -0.462 e. The number of methoxy groups -OCH3 is 1. The SMILES string of the molecule is CCOC(=O)c1ccc(CC2CCCCC2)c(NC(=O)OC)c1. The Morgan fingerprint density at radius 2 is 1.96 bits per heavy atom.